The molecular weight excluding hydrogens is 519 g/mol. The molecule has 0 saturated heterocycles. The average Bonchev–Trinajstić information content (AvgIpc) is 2.98. The third-order valence-electron chi connectivity index (χ3n) is 5.76. The van der Waals surface area contributed by atoms with Crippen LogP contribution in [0.15, 0.2) is 54.6 Å². The Morgan fingerprint density at radius 2 is 1.66 bits per heavy atom. The van der Waals surface area contributed by atoms with Gasteiger partial charge in [-0.2, -0.15) is 22.0 Å². The summed E-state index contributed by atoms with van der Waals surface area (Å²) in [6, 6.07) is 14.2. The van der Waals surface area contributed by atoms with E-state index in [1.54, 1.807) is 42.5 Å². The number of carbonyl (C=O) groups excluding carboxylic acids is 4. The monoisotopic (exact) mass is 542 g/mol. The Bertz CT molecular complexity index is 1220. The number of carbonyl (C=O) groups is 4. The van der Waals surface area contributed by atoms with Crippen LogP contribution in [0.2, 0.25) is 0 Å². The van der Waals surface area contributed by atoms with Crippen LogP contribution in [0.4, 0.5) is 38.1 Å². The number of alkyl halides is 5. The second-order valence-corrected chi connectivity index (χ2v) is 8.43. The topological polar surface area (TPSA) is 117 Å². The van der Waals surface area contributed by atoms with Crippen molar-refractivity contribution in [2.24, 2.45) is 0 Å². The fourth-order valence-electron chi connectivity index (χ4n) is 3.63. The van der Waals surface area contributed by atoms with Gasteiger partial charge in [0.15, 0.2) is 11.9 Å². The number of hydrogen-bond donors (Lipinski definition) is 3. The van der Waals surface area contributed by atoms with Gasteiger partial charge in [0, 0.05) is 12.6 Å². The summed E-state index contributed by atoms with van der Waals surface area (Å²) in [5, 5.41) is 6.52. The molecule has 2 atom stereocenters. The number of fused-ring (bicyclic) bond motifs is 1. The summed E-state index contributed by atoms with van der Waals surface area (Å²) >= 11 is 0. The Morgan fingerprint density at radius 1 is 1.05 bits per heavy atom. The lowest BCUT2D eigenvalue weighted by Gasteiger charge is -2.33. The summed E-state index contributed by atoms with van der Waals surface area (Å²) in [5.74, 6) is -8.05. The maximum absolute atomic E-state index is 13.7. The molecule has 204 valence electrons. The molecule has 3 N–H and O–H groups in total. The van der Waals surface area contributed by atoms with Gasteiger partial charge in [-0.05, 0) is 19.1 Å². The van der Waals surface area contributed by atoms with Crippen LogP contribution in [0, 0.1) is 0 Å². The molecule has 0 unspecified atom stereocenters. The molecule has 38 heavy (non-hydrogen) atoms. The number of ether oxygens (including phenoxy) is 1. The number of ketones is 1. The standard InChI is InChI=1S/C24H23F5N4O5/c1-14(38-21(37)31-13-23(25,26)24(27,28)29)19(35)32-22(18(34)15-8-4-3-5-9-15)12-30-16-10-6-7-11-17(16)33(2)20(22)36/h3-11,14,30H,12-13H2,1-2H3,(H,31,37)(H,32,35)/t14-,22-/m0/s1. The smallest absolute Gasteiger partial charge is 0.436 e. The fraction of sp³-hybridized carbons (Fsp3) is 0.333. The fourth-order valence-corrected chi connectivity index (χ4v) is 3.63. The number of likely N-dealkylation sites (N-methyl/N-ethyl adjacent to an activating group) is 1. The lowest BCUT2D eigenvalue weighted by atomic mass is 9.87. The molecule has 0 radical (unpaired) electrons. The van der Waals surface area contributed by atoms with Crippen molar-refractivity contribution in [3.63, 3.8) is 0 Å². The summed E-state index contributed by atoms with van der Waals surface area (Å²) in [5.41, 5.74) is -1.29. The maximum Gasteiger partial charge on any atom is 0.455 e. The van der Waals surface area contributed by atoms with Crippen molar-refractivity contribution >= 4 is 35.1 Å². The largest absolute Gasteiger partial charge is 0.455 e. The van der Waals surface area contributed by atoms with Gasteiger partial charge in [-0.15, -0.1) is 0 Å². The molecule has 14 heteroatoms. The third-order valence-corrected chi connectivity index (χ3v) is 5.76. The van der Waals surface area contributed by atoms with Crippen LogP contribution in [-0.2, 0) is 14.3 Å². The van der Waals surface area contributed by atoms with Crippen molar-refractivity contribution in [2.75, 3.05) is 30.4 Å². The lowest BCUT2D eigenvalue weighted by molar-refractivity contribution is -0.278. The molecule has 2 aromatic carbocycles. The normalized spacial score (nSPS) is 18.4. The van der Waals surface area contributed by atoms with E-state index in [2.05, 4.69) is 15.4 Å². The van der Waals surface area contributed by atoms with E-state index in [0.29, 0.717) is 11.4 Å². The van der Waals surface area contributed by atoms with Gasteiger partial charge in [0.2, 0.25) is 5.54 Å². The SMILES string of the molecule is C[C@H](OC(=O)NCC(F)(F)C(F)(F)F)C(=O)N[C@]1(C(=O)c2ccccc2)CNc2ccccc2N(C)C1=O. The number of nitrogens with one attached hydrogen (secondary N) is 3. The Balaban J connectivity index is 1.85. The van der Waals surface area contributed by atoms with Crippen molar-refractivity contribution in [2.45, 2.75) is 30.7 Å². The van der Waals surface area contributed by atoms with Gasteiger partial charge in [0.25, 0.3) is 11.8 Å². The first-order valence-corrected chi connectivity index (χ1v) is 11.1. The van der Waals surface area contributed by atoms with E-state index in [1.807, 2.05) is 0 Å². The number of halogens is 5. The molecule has 0 aliphatic carbocycles. The number of anilines is 2. The predicted molar refractivity (Wildman–Crippen MR) is 125 cm³/mol. The van der Waals surface area contributed by atoms with Crippen LogP contribution in [0.1, 0.15) is 17.3 Å². The van der Waals surface area contributed by atoms with Crippen LogP contribution in [0.5, 0.6) is 0 Å². The summed E-state index contributed by atoms with van der Waals surface area (Å²) in [6.07, 6.45) is -9.45. The zero-order valence-corrected chi connectivity index (χ0v) is 20.1. The Kier molecular flexibility index (Phi) is 7.93. The van der Waals surface area contributed by atoms with Crippen molar-refractivity contribution in [3.8, 4) is 0 Å². The van der Waals surface area contributed by atoms with Gasteiger partial charge in [0.05, 0.1) is 24.5 Å². The molecule has 1 aliphatic rings. The molecule has 3 rings (SSSR count). The molecule has 0 spiro atoms. The highest BCUT2D eigenvalue weighted by molar-refractivity contribution is 6.24. The van der Waals surface area contributed by atoms with Gasteiger partial charge in [-0.3, -0.25) is 14.4 Å². The number of para-hydroxylation sites is 2. The van der Waals surface area contributed by atoms with Gasteiger partial charge in [0.1, 0.15) is 0 Å². The molecular formula is C24H23F5N4O5. The quantitative estimate of drug-likeness (QED) is 0.281. The van der Waals surface area contributed by atoms with Gasteiger partial charge >= 0.3 is 18.2 Å². The summed E-state index contributed by atoms with van der Waals surface area (Å²) in [6.45, 7) is -1.54. The van der Waals surface area contributed by atoms with Gasteiger partial charge in [-0.1, -0.05) is 42.5 Å². The lowest BCUT2D eigenvalue weighted by Crippen LogP contribution is -2.67. The Labute approximate surface area is 213 Å². The number of Topliss-reactive ketones (excluding diaryl/α,β-unsaturated/α-hetero) is 1. The number of benzene rings is 2. The Hall–Kier alpha value is -4.23. The number of rotatable bonds is 7. The first kappa shape index (κ1) is 28.3. The van der Waals surface area contributed by atoms with Crippen LogP contribution in [0.25, 0.3) is 0 Å². The number of hydrogen-bond acceptors (Lipinski definition) is 6. The van der Waals surface area contributed by atoms with Crippen molar-refractivity contribution in [1.82, 2.24) is 10.6 Å². The molecule has 1 aliphatic heterocycles. The zero-order valence-electron chi connectivity index (χ0n) is 20.1. The van der Waals surface area contributed by atoms with Gasteiger partial charge < -0.3 is 25.6 Å². The van der Waals surface area contributed by atoms with E-state index in [9.17, 15) is 41.1 Å². The highest BCUT2D eigenvalue weighted by atomic mass is 19.4. The first-order valence-electron chi connectivity index (χ1n) is 11.1. The van der Waals surface area contributed by atoms with Gasteiger partial charge in [-0.25, -0.2) is 4.79 Å². The molecule has 0 saturated carbocycles. The van der Waals surface area contributed by atoms with Crippen molar-refractivity contribution in [3.05, 3.63) is 60.2 Å². The molecule has 3 amide bonds. The second-order valence-electron chi connectivity index (χ2n) is 8.43. The molecule has 0 fully saturated rings. The third kappa shape index (κ3) is 5.68. The van der Waals surface area contributed by atoms with Crippen molar-refractivity contribution in [1.29, 1.82) is 0 Å². The molecule has 2 aromatic rings. The summed E-state index contributed by atoms with van der Waals surface area (Å²) in [4.78, 5) is 53.3. The number of amides is 3. The Morgan fingerprint density at radius 3 is 2.29 bits per heavy atom. The number of alkyl carbamates (subject to hydrolysis) is 1. The first-order chi connectivity index (χ1) is 17.7. The van der Waals surface area contributed by atoms with E-state index >= 15 is 0 Å². The highest BCUT2D eigenvalue weighted by Crippen LogP contribution is 2.35. The minimum absolute atomic E-state index is 0.0722. The van der Waals surface area contributed by atoms with Crippen LogP contribution < -0.4 is 20.9 Å². The minimum Gasteiger partial charge on any atom is -0.436 e. The average molecular weight is 542 g/mol. The highest BCUT2D eigenvalue weighted by Gasteiger charge is 2.57. The number of nitrogens with zero attached hydrogens (tertiary/aromatic N) is 1. The second kappa shape index (κ2) is 10.6. The molecule has 9 nitrogen and oxygen atoms in total. The minimum atomic E-state index is -5.91. The zero-order chi connectivity index (χ0) is 28.3. The van der Waals surface area contributed by atoms with Crippen LogP contribution >= 0.6 is 0 Å². The van der Waals surface area contributed by atoms with E-state index in [4.69, 9.17) is 0 Å². The molecule has 0 bridgehead atoms. The molecule has 0 aromatic heterocycles. The van der Waals surface area contributed by atoms with Crippen molar-refractivity contribution < 1.29 is 45.9 Å². The van der Waals surface area contributed by atoms with Crippen LogP contribution in [-0.4, -0.2) is 67.6 Å². The van der Waals surface area contributed by atoms with E-state index < -0.39 is 60.5 Å². The van der Waals surface area contributed by atoms with Crippen LogP contribution in [0.3, 0.4) is 0 Å². The van der Waals surface area contributed by atoms with E-state index in [0.717, 1.165) is 11.8 Å². The maximum atomic E-state index is 13.7. The molecule has 1 heterocycles. The summed E-state index contributed by atoms with van der Waals surface area (Å²) < 4.78 is 67.7. The summed E-state index contributed by atoms with van der Waals surface area (Å²) in [7, 11) is 1.39. The predicted octanol–water partition coefficient (Wildman–Crippen LogP) is 3.13. The van der Waals surface area contributed by atoms with E-state index in [-0.39, 0.29) is 5.56 Å². The van der Waals surface area contributed by atoms with E-state index in [1.165, 1.54) is 24.5 Å².